The van der Waals surface area contributed by atoms with Gasteiger partial charge in [0.25, 0.3) is 11.5 Å². The maximum absolute atomic E-state index is 12.6. The summed E-state index contributed by atoms with van der Waals surface area (Å²) in [6, 6.07) is 5.31. The summed E-state index contributed by atoms with van der Waals surface area (Å²) >= 11 is 0. The van der Waals surface area contributed by atoms with Gasteiger partial charge in [-0.3, -0.25) is 14.0 Å². The molecule has 0 aromatic carbocycles. The molecule has 1 saturated carbocycles. The van der Waals surface area contributed by atoms with E-state index in [4.69, 9.17) is 0 Å². The summed E-state index contributed by atoms with van der Waals surface area (Å²) in [5, 5.41) is 2.99. The SMILES string of the molecule is CN(C)C1(CNC(=O)c2cnc3ccccn3c2=O)CCCCCC1. The monoisotopic (exact) mass is 342 g/mol. The molecule has 1 aliphatic rings. The van der Waals surface area contributed by atoms with Crippen molar-refractivity contribution in [3.63, 3.8) is 0 Å². The van der Waals surface area contributed by atoms with Crippen molar-refractivity contribution >= 4 is 11.6 Å². The van der Waals surface area contributed by atoms with Crippen LogP contribution in [0.1, 0.15) is 48.9 Å². The predicted octanol–water partition coefficient (Wildman–Crippen LogP) is 2.08. The summed E-state index contributed by atoms with van der Waals surface area (Å²) in [7, 11) is 4.15. The third-order valence-electron chi connectivity index (χ3n) is 5.42. The number of carbonyl (C=O) groups is 1. The van der Waals surface area contributed by atoms with Crippen molar-refractivity contribution < 1.29 is 4.79 Å². The Morgan fingerprint density at radius 1 is 1.24 bits per heavy atom. The van der Waals surface area contributed by atoms with Gasteiger partial charge < -0.3 is 10.2 Å². The number of nitrogens with zero attached hydrogens (tertiary/aromatic N) is 3. The molecule has 1 aliphatic carbocycles. The summed E-state index contributed by atoms with van der Waals surface area (Å²) in [5.41, 5.74) is 0.263. The fraction of sp³-hybridized carbons (Fsp3) is 0.526. The Balaban J connectivity index is 1.80. The number of amides is 1. The predicted molar refractivity (Wildman–Crippen MR) is 97.9 cm³/mol. The van der Waals surface area contributed by atoms with Gasteiger partial charge >= 0.3 is 0 Å². The molecule has 0 spiro atoms. The van der Waals surface area contributed by atoms with Crippen LogP contribution in [0, 0.1) is 0 Å². The van der Waals surface area contributed by atoms with Gasteiger partial charge in [-0.25, -0.2) is 4.98 Å². The third-order valence-corrected chi connectivity index (χ3v) is 5.42. The minimum Gasteiger partial charge on any atom is -0.350 e. The fourth-order valence-electron chi connectivity index (χ4n) is 3.69. The molecule has 0 bridgehead atoms. The van der Waals surface area contributed by atoms with Crippen LogP contribution in [-0.4, -0.2) is 46.4 Å². The summed E-state index contributed by atoms with van der Waals surface area (Å²) in [4.78, 5) is 31.6. The standard InChI is InChI=1S/C19H26N4O2/c1-22(2)19(10-6-3-4-7-11-19)14-21-17(24)15-13-20-16-9-5-8-12-23(16)18(15)25/h5,8-9,12-13H,3-4,6-7,10-11,14H2,1-2H3,(H,21,24). The van der Waals surface area contributed by atoms with E-state index >= 15 is 0 Å². The maximum Gasteiger partial charge on any atom is 0.270 e. The van der Waals surface area contributed by atoms with Gasteiger partial charge in [-0.05, 0) is 39.1 Å². The molecule has 6 heteroatoms. The fourth-order valence-corrected chi connectivity index (χ4v) is 3.69. The zero-order chi connectivity index (χ0) is 17.9. The summed E-state index contributed by atoms with van der Waals surface area (Å²) < 4.78 is 1.41. The second kappa shape index (κ2) is 7.35. The Kier molecular flexibility index (Phi) is 5.18. The molecule has 0 atom stereocenters. The Labute approximate surface area is 147 Å². The van der Waals surface area contributed by atoms with Crippen LogP contribution in [0.3, 0.4) is 0 Å². The normalized spacial score (nSPS) is 17.4. The highest BCUT2D eigenvalue weighted by atomic mass is 16.2. The lowest BCUT2D eigenvalue weighted by molar-refractivity contribution is 0.0867. The molecule has 2 aromatic heterocycles. The van der Waals surface area contributed by atoms with Crippen molar-refractivity contribution in [3.8, 4) is 0 Å². The van der Waals surface area contributed by atoms with Gasteiger partial charge in [0.1, 0.15) is 11.2 Å². The van der Waals surface area contributed by atoms with Crippen molar-refractivity contribution in [1.29, 1.82) is 0 Å². The third kappa shape index (κ3) is 3.58. The zero-order valence-corrected chi connectivity index (χ0v) is 15.0. The maximum atomic E-state index is 12.6. The molecule has 25 heavy (non-hydrogen) atoms. The van der Waals surface area contributed by atoms with Crippen molar-refractivity contribution in [2.24, 2.45) is 0 Å². The van der Waals surface area contributed by atoms with Gasteiger partial charge in [-0.1, -0.05) is 31.7 Å². The molecule has 6 nitrogen and oxygen atoms in total. The minimum absolute atomic E-state index is 0.0351. The second-order valence-electron chi connectivity index (χ2n) is 7.12. The molecular formula is C19H26N4O2. The quantitative estimate of drug-likeness (QED) is 0.864. The van der Waals surface area contributed by atoms with Crippen LogP contribution in [0.5, 0.6) is 0 Å². The van der Waals surface area contributed by atoms with Gasteiger partial charge in [0.15, 0.2) is 0 Å². The highest BCUT2D eigenvalue weighted by Gasteiger charge is 2.33. The molecular weight excluding hydrogens is 316 g/mol. The summed E-state index contributed by atoms with van der Waals surface area (Å²) in [6.07, 6.45) is 9.99. The first-order valence-corrected chi connectivity index (χ1v) is 8.96. The topological polar surface area (TPSA) is 66.7 Å². The number of hydrogen-bond acceptors (Lipinski definition) is 4. The smallest absolute Gasteiger partial charge is 0.270 e. The lowest BCUT2D eigenvalue weighted by atomic mass is 9.88. The number of likely N-dealkylation sites (N-methyl/N-ethyl adjacent to an activating group) is 1. The second-order valence-corrected chi connectivity index (χ2v) is 7.12. The van der Waals surface area contributed by atoms with Crippen molar-refractivity contribution in [2.45, 2.75) is 44.1 Å². The first kappa shape index (κ1) is 17.6. The number of hydrogen-bond donors (Lipinski definition) is 1. The van der Waals surface area contributed by atoms with Crippen molar-refractivity contribution in [3.05, 3.63) is 46.5 Å². The molecule has 1 fully saturated rings. The van der Waals surface area contributed by atoms with E-state index in [0.717, 1.165) is 12.8 Å². The van der Waals surface area contributed by atoms with Gasteiger partial charge in [0.2, 0.25) is 0 Å². The Morgan fingerprint density at radius 3 is 2.64 bits per heavy atom. The lowest BCUT2D eigenvalue weighted by Crippen LogP contribution is -2.52. The Morgan fingerprint density at radius 2 is 1.96 bits per heavy atom. The number of nitrogens with one attached hydrogen (secondary N) is 1. The molecule has 134 valence electrons. The van der Waals surface area contributed by atoms with E-state index in [1.165, 1.54) is 36.3 Å². The highest BCUT2D eigenvalue weighted by Crippen LogP contribution is 2.30. The Hall–Kier alpha value is -2.21. The van der Waals surface area contributed by atoms with E-state index in [2.05, 4.69) is 29.3 Å². The van der Waals surface area contributed by atoms with Crippen LogP contribution >= 0.6 is 0 Å². The number of aromatic nitrogens is 2. The molecule has 3 rings (SSSR count). The van der Waals surface area contributed by atoms with Crippen LogP contribution in [0.25, 0.3) is 5.65 Å². The van der Waals surface area contributed by atoms with Gasteiger partial charge in [-0.2, -0.15) is 0 Å². The lowest BCUT2D eigenvalue weighted by Gasteiger charge is -2.39. The number of pyridine rings is 1. The van der Waals surface area contributed by atoms with Crippen LogP contribution in [0.4, 0.5) is 0 Å². The van der Waals surface area contributed by atoms with E-state index in [9.17, 15) is 9.59 Å². The van der Waals surface area contributed by atoms with Crippen LogP contribution in [-0.2, 0) is 0 Å². The molecule has 0 radical (unpaired) electrons. The zero-order valence-electron chi connectivity index (χ0n) is 15.0. The van der Waals surface area contributed by atoms with Crippen molar-refractivity contribution in [2.75, 3.05) is 20.6 Å². The average molecular weight is 342 g/mol. The molecule has 2 aromatic rings. The van der Waals surface area contributed by atoms with Crippen LogP contribution in [0.15, 0.2) is 35.4 Å². The molecule has 1 N–H and O–H groups in total. The molecule has 0 saturated heterocycles. The minimum atomic E-state index is -0.346. The first-order chi connectivity index (χ1) is 12.0. The summed E-state index contributed by atoms with van der Waals surface area (Å²) in [6.45, 7) is 0.551. The van der Waals surface area contributed by atoms with E-state index in [0.29, 0.717) is 12.2 Å². The molecule has 0 aliphatic heterocycles. The van der Waals surface area contributed by atoms with Crippen molar-refractivity contribution in [1.82, 2.24) is 19.6 Å². The summed E-state index contributed by atoms with van der Waals surface area (Å²) in [5.74, 6) is -0.346. The van der Waals surface area contributed by atoms with E-state index in [-0.39, 0.29) is 22.6 Å². The van der Waals surface area contributed by atoms with E-state index < -0.39 is 0 Å². The van der Waals surface area contributed by atoms with Gasteiger partial charge in [0, 0.05) is 24.5 Å². The van der Waals surface area contributed by atoms with E-state index in [1.807, 2.05) is 6.07 Å². The Bertz CT molecular complexity index is 804. The van der Waals surface area contributed by atoms with Crippen LogP contribution < -0.4 is 10.9 Å². The van der Waals surface area contributed by atoms with E-state index in [1.54, 1.807) is 18.3 Å². The molecule has 2 heterocycles. The average Bonchev–Trinajstić information content (AvgIpc) is 2.87. The largest absolute Gasteiger partial charge is 0.350 e. The van der Waals surface area contributed by atoms with Gasteiger partial charge in [0.05, 0.1) is 0 Å². The number of carbonyl (C=O) groups excluding carboxylic acids is 1. The number of fused-ring (bicyclic) bond motifs is 1. The number of rotatable bonds is 4. The molecule has 1 amide bonds. The molecule has 0 unspecified atom stereocenters. The highest BCUT2D eigenvalue weighted by molar-refractivity contribution is 5.93. The van der Waals surface area contributed by atoms with Crippen LogP contribution in [0.2, 0.25) is 0 Å². The van der Waals surface area contributed by atoms with Gasteiger partial charge in [-0.15, -0.1) is 0 Å². The first-order valence-electron chi connectivity index (χ1n) is 8.96.